The largest absolute Gasteiger partial charge is 0.416 e. The highest BCUT2D eigenvalue weighted by Gasteiger charge is 2.38. The summed E-state index contributed by atoms with van der Waals surface area (Å²) in [7, 11) is 0. The lowest BCUT2D eigenvalue weighted by Crippen LogP contribution is -2.33. The molecule has 0 aliphatic rings. The van der Waals surface area contributed by atoms with Crippen LogP contribution in [-0.4, -0.2) is 11.6 Å². The molecule has 0 heterocycles. The fraction of sp³-hybridized carbons (Fsp3) is 0.263. The average Bonchev–Trinajstić information content (AvgIpc) is 2.59. The van der Waals surface area contributed by atoms with Gasteiger partial charge in [0.05, 0.1) is 16.5 Å². The van der Waals surface area contributed by atoms with Gasteiger partial charge >= 0.3 is 12.4 Å². The molecule has 0 aliphatic heterocycles. The minimum Gasteiger partial charge on any atom is -0.293 e. The van der Waals surface area contributed by atoms with E-state index in [4.69, 9.17) is 0 Å². The highest BCUT2D eigenvalue weighted by molar-refractivity contribution is 6.19. The molecule has 0 radical (unpaired) electrons. The monoisotopic (exact) mass is 388 g/mol. The van der Waals surface area contributed by atoms with Crippen LogP contribution < -0.4 is 0 Å². The Labute approximate surface area is 150 Å². The van der Waals surface area contributed by atoms with Gasteiger partial charge in [0.1, 0.15) is 0 Å². The lowest BCUT2D eigenvalue weighted by Gasteiger charge is -2.22. The normalized spacial score (nSPS) is 12.7. The Hall–Kier alpha value is -2.64. The van der Waals surface area contributed by atoms with E-state index in [0.29, 0.717) is 0 Å². The second-order valence-electron chi connectivity index (χ2n) is 6.43. The van der Waals surface area contributed by atoms with Gasteiger partial charge in [-0.25, -0.2) is 0 Å². The smallest absolute Gasteiger partial charge is 0.293 e. The Morgan fingerprint density at radius 2 is 0.852 bits per heavy atom. The van der Waals surface area contributed by atoms with Gasteiger partial charge < -0.3 is 0 Å². The highest BCUT2D eigenvalue weighted by Crippen LogP contribution is 2.33. The van der Waals surface area contributed by atoms with Crippen LogP contribution in [0, 0.1) is 5.41 Å². The van der Waals surface area contributed by atoms with Gasteiger partial charge in [-0.2, -0.15) is 26.3 Å². The number of carbonyl (C=O) groups is 2. The molecule has 0 aromatic heterocycles. The van der Waals surface area contributed by atoms with Crippen molar-refractivity contribution < 1.29 is 35.9 Å². The van der Waals surface area contributed by atoms with Crippen LogP contribution in [0.25, 0.3) is 0 Å². The van der Waals surface area contributed by atoms with Crippen molar-refractivity contribution in [2.75, 3.05) is 0 Å². The SMILES string of the molecule is CC(C)(C(=O)c1ccc(C(F)(F)F)cc1)C(=O)c1ccc(C(F)(F)F)cc1. The Kier molecular flexibility index (Phi) is 5.23. The van der Waals surface area contributed by atoms with Crippen molar-refractivity contribution in [3.8, 4) is 0 Å². The summed E-state index contributed by atoms with van der Waals surface area (Å²) in [6.07, 6.45) is -9.12. The summed E-state index contributed by atoms with van der Waals surface area (Å²) in [5.74, 6) is -1.47. The van der Waals surface area contributed by atoms with Gasteiger partial charge in [-0.1, -0.05) is 24.3 Å². The van der Waals surface area contributed by atoms with E-state index < -0.39 is 40.5 Å². The van der Waals surface area contributed by atoms with Crippen LogP contribution in [0.15, 0.2) is 48.5 Å². The van der Waals surface area contributed by atoms with Gasteiger partial charge in [-0.3, -0.25) is 9.59 Å². The molecule has 2 nitrogen and oxygen atoms in total. The molecule has 0 amide bonds. The Balaban J connectivity index is 2.28. The minimum absolute atomic E-state index is 0.103. The van der Waals surface area contributed by atoms with E-state index in [9.17, 15) is 35.9 Å². The third-order valence-electron chi connectivity index (χ3n) is 4.08. The summed E-state index contributed by atoms with van der Waals surface area (Å²) in [5, 5.41) is 0. The summed E-state index contributed by atoms with van der Waals surface area (Å²) >= 11 is 0. The molecule has 27 heavy (non-hydrogen) atoms. The number of alkyl halides is 6. The molecule has 0 N–H and O–H groups in total. The van der Waals surface area contributed by atoms with E-state index in [-0.39, 0.29) is 11.1 Å². The van der Waals surface area contributed by atoms with Crippen LogP contribution in [0.3, 0.4) is 0 Å². The number of Topliss-reactive ketones (excluding diaryl/α,β-unsaturated/α-hetero) is 2. The number of rotatable bonds is 4. The molecule has 2 aromatic carbocycles. The molecule has 0 atom stereocenters. The average molecular weight is 388 g/mol. The van der Waals surface area contributed by atoms with Gasteiger partial charge in [0.25, 0.3) is 0 Å². The molecular weight excluding hydrogens is 374 g/mol. The third kappa shape index (κ3) is 4.37. The zero-order valence-corrected chi connectivity index (χ0v) is 14.2. The molecule has 0 bridgehead atoms. The van der Waals surface area contributed by atoms with Crippen LogP contribution in [0.5, 0.6) is 0 Å². The lowest BCUT2D eigenvalue weighted by atomic mass is 9.77. The summed E-state index contributed by atoms with van der Waals surface area (Å²) in [4.78, 5) is 25.2. The van der Waals surface area contributed by atoms with Gasteiger partial charge in [0.2, 0.25) is 0 Å². The highest BCUT2D eigenvalue weighted by atomic mass is 19.4. The van der Waals surface area contributed by atoms with Crippen molar-refractivity contribution in [3.05, 3.63) is 70.8 Å². The summed E-state index contributed by atoms with van der Waals surface area (Å²) in [6.45, 7) is 2.54. The van der Waals surface area contributed by atoms with Gasteiger partial charge in [0.15, 0.2) is 11.6 Å². The molecule has 0 saturated heterocycles. The first-order valence-electron chi connectivity index (χ1n) is 7.68. The predicted octanol–water partition coefficient (Wildman–Crippen LogP) is 5.82. The number of carbonyl (C=O) groups excluding carboxylic acids is 2. The molecular formula is C19H14F6O2. The third-order valence-corrected chi connectivity index (χ3v) is 4.08. The van der Waals surface area contributed by atoms with Crippen molar-refractivity contribution >= 4 is 11.6 Å². The summed E-state index contributed by atoms with van der Waals surface area (Å²) in [5.41, 5.74) is -3.75. The number of halogens is 6. The molecule has 0 saturated carbocycles. The van der Waals surface area contributed by atoms with Crippen LogP contribution in [0.1, 0.15) is 45.7 Å². The second-order valence-corrected chi connectivity index (χ2v) is 6.43. The molecule has 2 aromatic rings. The number of hydrogen-bond donors (Lipinski definition) is 0. The van der Waals surface area contributed by atoms with Crippen LogP contribution in [0.2, 0.25) is 0 Å². The van der Waals surface area contributed by atoms with E-state index in [1.54, 1.807) is 0 Å². The van der Waals surface area contributed by atoms with Crippen LogP contribution in [-0.2, 0) is 12.4 Å². The van der Waals surface area contributed by atoms with Crippen molar-refractivity contribution in [1.29, 1.82) is 0 Å². The summed E-state index contributed by atoms with van der Waals surface area (Å²) < 4.78 is 75.6. The van der Waals surface area contributed by atoms with Gasteiger partial charge in [-0.15, -0.1) is 0 Å². The lowest BCUT2D eigenvalue weighted by molar-refractivity contribution is -0.138. The minimum atomic E-state index is -4.56. The first kappa shape index (κ1) is 20.7. The van der Waals surface area contributed by atoms with E-state index in [0.717, 1.165) is 48.5 Å². The molecule has 2 rings (SSSR count). The summed E-state index contributed by atoms with van der Waals surface area (Å²) in [6, 6.07) is 6.77. The van der Waals surface area contributed by atoms with E-state index in [2.05, 4.69) is 0 Å². The first-order chi connectivity index (χ1) is 12.2. The Bertz CT molecular complexity index is 772. The molecule has 0 spiro atoms. The molecule has 0 aliphatic carbocycles. The topological polar surface area (TPSA) is 34.1 Å². The standard InChI is InChI=1S/C19H14F6O2/c1-17(2,15(26)11-3-7-13(8-4-11)18(20,21)22)16(27)12-5-9-14(10-6-12)19(23,24)25/h3-10H,1-2H3. The van der Waals surface area contributed by atoms with Crippen molar-refractivity contribution in [1.82, 2.24) is 0 Å². The molecule has 8 heteroatoms. The van der Waals surface area contributed by atoms with Gasteiger partial charge in [-0.05, 0) is 38.1 Å². The molecule has 0 fully saturated rings. The van der Waals surface area contributed by atoms with E-state index in [1.807, 2.05) is 0 Å². The quantitative estimate of drug-likeness (QED) is 0.376. The molecule has 0 unspecified atom stereocenters. The second kappa shape index (κ2) is 6.83. The van der Waals surface area contributed by atoms with E-state index in [1.165, 1.54) is 13.8 Å². The number of benzene rings is 2. The maximum Gasteiger partial charge on any atom is 0.416 e. The van der Waals surface area contributed by atoms with Crippen molar-refractivity contribution in [3.63, 3.8) is 0 Å². The maximum atomic E-state index is 12.6. The maximum absolute atomic E-state index is 12.6. The zero-order chi connectivity index (χ0) is 20.6. The van der Waals surface area contributed by atoms with Crippen molar-refractivity contribution in [2.45, 2.75) is 26.2 Å². The Morgan fingerprint density at radius 1 is 0.593 bits per heavy atom. The van der Waals surface area contributed by atoms with E-state index >= 15 is 0 Å². The Morgan fingerprint density at radius 3 is 1.07 bits per heavy atom. The van der Waals surface area contributed by atoms with Gasteiger partial charge in [0, 0.05) is 11.1 Å². The fourth-order valence-electron chi connectivity index (χ4n) is 2.45. The predicted molar refractivity (Wildman–Crippen MR) is 85.3 cm³/mol. The van der Waals surface area contributed by atoms with Crippen LogP contribution >= 0.6 is 0 Å². The zero-order valence-electron chi connectivity index (χ0n) is 14.2. The number of hydrogen-bond acceptors (Lipinski definition) is 2. The van der Waals surface area contributed by atoms with Crippen molar-refractivity contribution in [2.24, 2.45) is 5.41 Å². The number of ketones is 2. The fourth-order valence-corrected chi connectivity index (χ4v) is 2.45. The molecule has 144 valence electrons. The first-order valence-corrected chi connectivity index (χ1v) is 7.68. The van der Waals surface area contributed by atoms with Crippen LogP contribution in [0.4, 0.5) is 26.3 Å².